The number of nitrogens with zero attached hydrogens (tertiary/aromatic N) is 9. The van der Waals surface area contributed by atoms with E-state index in [-0.39, 0.29) is 74.4 Å². The molecule has 4 aliphatic heterocycles. The molecule has 1 aromatic heterocycles. The number of rotatable bonds is 7. The van der Waals surface area contributed by atoms with Crippen LogP contribution in [0.15, 0.2) is 0 Å². The van der Waals surface area contributed by atoms with Gasteiger partial charge in [0.25, 0.3) is 5.95 Å². The van der Waals surface area contributed by atoms with E-state index in [1.807, 2.05) is 0 Å². The topological polar surface area (TPSA) is 90.4 Å². The first-order valence-corrected chi connectivity index (χ1v) is 21.0. The first-order valence-electron chi connectivity index (χ1n) is 21.0. The largest absolute Gasteiger partial charge is 0.334 e. The maximum absolute atomic E-state index is 10.7. The van der Waals surface area contributed by atoms with Crippen molar-refractivity contribution >= 4 is 17.8 Å². The fraction of sp³-hybridized carbons (Fsp3) is 0.930. The van der Waals surface area contributed by atoms with Gasteiger partial charge in [-0.1, -0.05) is 0 Å². The molecule has 5 rings (SSSR count). The van der Waals surface area contributed by atoms with E-state index in [1.165, 1.54) is 0 Å². The highest BCUT2D eigenvalue weighted by Gasteiger charge is 2.53. The predicted molar refractivity (Wildman–Crippen MR) is 226 cm³/mol. The minimum absolute atomic E-state index is 0.0301. The molecule has 1 aromatic rings. The number of likely N-dealkylation sites (tertiary alicyclic amines) is 4. The second-order valence-electron chi connectivity index (χ2n) is 23.2. The lowest BCUT2D eigenvalue weighted by molar-refractivity contribution is -0.0314. The van der Waals surface area contributed by atoms with Gasteiger partial charge in [0.1, 0.15) is 0 Å². The van der Waals surface area contributed by atoms with E-state index in [0.717, 1.165) is 51.4 Å². The number of piperidine rings is 4. The van der Waals surface area contributed by atoms with Crippen LogP contribution in [-0.4, -0.2) is 136 Å². The Hall–Kier alpha value is -1.79. The molecule has 0 atom stereocenters. The molecule has 11 nitrogen and oxygen atoms in total. The highest BCUT2D eigenvalue weighted by Crippen LogP contribution is 2.48. The molecule has 0 bridgehead atoms. The van der Waals surface area contributed by atoms with E-state index in [2.05, 4.69) is 174 Å². The first kappa shape index (κ1) is 43.3. The Balaban J connectivity index is 1.74. The van der Waals surface area contributed by atoms with Crippen molar-refractivity contribution in [2.75, 3.05) is 43.5 Å². The molecule has 0 unspecified atom stereocenters. The summed E-state index contributed by atoms with van der Waals surface area (Å²) in [5, 5.41) is 10.7. The third-order valence-electron chi connectivity index (χ3n) is 15.9. The van der Waals surface area contributed by atoms with Gasteiger partial charge in [-0.2, -0.15) is 15.0 Å². The Labute approximate surface area is 331 Å². The Morgan fingerprint density at radius 1 is 0.407 bits per heavy atom. The molecule has 0 spiro atoms. The lowest BCUT2D eigenvalue weighted by Gasteiger charge is -2.60. The van der Waals surface area contributed by atoms with Gasteiger partial charge in [0.05, 0.1) is 0 Å². The molecule has 4 fully saturated rings. The molecule has 0 saturated carbocycles. The summed E-state index contributed by atoms with van der Waals surface area (Å²) in [4.78, 5) is 31.3. The molecule has 11 heteroatoms. The second-order valence-corrected chi connectivity index (χ2v) is 23.2. The van der Waals surface area contributed by atoms with E-state index in [0.29, 0.717) is 11.9 Å². The first-order chi connectivity index (χ1) is 24.3. The highest BCUT2D eigenvalue weighted by molar-refractivity contribution is 5.49. The molecule has 2 N–H and O–H groups in total. The van der Waals surface area contributed by atoms with Gasteiger partial charge in [0.2, 0.25) is 11.9 Å². The van der Waals surface area contributed by atoms with Crippen LogP contribution in [-0.2, 0) is 0 Å². The van der Waals surface area contributed by atoms with Crippen molar-refractivity contribution in [3.05, 3.63) is 0 Å². The fourth-order valence-electron chi connectivity index (χ4n) is 11.9. The molecule has 310 valence electrons. The smallest absolute Gasteiger partial charge is 0.253 e. The minimum Gasteiger partial charge on any atom is -0.334 e. The molecule has 0 amide bonds. The van der Waals surface area contributed by atoms with Crippen molar-refractivity contribution in [3.63, 3.8) is 0 Å². The second kappa shape index (κ2) is 13.7. The molecule has 0 aliphatic carbocycles. The van der Waals surface area contributed by atoms with Crippen LogP contribution >= 0.6 is 0 Å². The van der Waals surface area contributed by atoms with Gasteiger partial charge >= 0.3 is 0 Å². The van der Waals surface area contributed by atoms with Crippen molar-refractivity contribution in [2.24, 2.45) is 0 Å². The van der Waals surface area contributed by atoms with Crippen LogP contribution < -0.4 is 15.3 Å². The van der Waals surface area contributed by atoms with Gasteiger partial charge in [0, 0.05) is 68.5 Å². The monoisotopic (exact) mass is 755 g/mol. The predicted octanol–water partition coefficient (Wildman–Crippen LogP) is 7.89. The SMILES string of the molecule is CN1C(C)(C)CC(N(c2nc(NO)nc(N(C3CC(C)(C)N(C)C(C)(C)C3)C3CC(C)(C)N(C)C(C)(C)C3)n2)C2CC(C)(C)N(C)C(C)(C)C2)CC1(C)C. The minimum atomic E-state index is -0.0301. The molecule has 54 heavy (non-hydrogen) atoms. The third-order valence-corrected chi connectivity index (χ3v) is 15.9. The molecule has 0 radical (unpaired) electrons. The fourth-order valence-corrected chi connectivity index (χ4v) is 11.9. The normalized spacial score (nSPS) is 29.2. The number of anilines is 3. The molecular weight excluding hydrogens is 673 g/mol. The van der Waals surface area contributed by atoms with Crippen molar-refractivity contribution in [1.29, 1.82) is 0 Å². The Bertz CT molecular complexity index is 1250. The van der Waals surface area contributed by atoms with Gasteiger partial charge in [-0.15, -0.1) is 0 Å². The van der Waals surface area contributed by atoms with Gasteiger partial charge in [-0.25, -0.2) is 5.48 Å². The van der Waals surface area contributed by atoms with Crippen LogP contribution in [0.4, 0.5) is 17.8 Å². The van der Waals surface area contributed by atoms with Crippen LogP contribution in [0.5, 0.6) is 0 Å². The van der Waals surface area contributed by atoms with Crippen LogP contribution in [0.2, 0.25) is 0 Å². The average Bonchev–Trinajstić information content (AvgIpc) is 2.99. The summed E-state index contributed by atoms with van der Waals surface area (Å²) in [5.41, 5.74) is 2.20. The van der Waals surface area contributed by atoms with E-state index in [1.54, 1.807) is 0 Å². The summed E-state index contributed by atoms with van der Waals surface area (Å²) in [6.07, 6.45) is 7.90. The summed E-state index contributed by atoms with van der Waals surface area (Å²) in [6, 6.07) is 0.792. The van der Waals surface area contributed by atoms with Gasteiger partial charge < -0.3 is 9.80 Å². The third kappa shape index (κ3) is 7.88. The van der Waals surface area contributed by atoms with E-state index in [4.69, 9.17) is 15.0 Å². The Kier molecular flexibility index (Phi) is 11.0. The maximum Gasteiger partial charge on any atom is 0.253 e. The number of hydrogen-bond acceptors (Lipinski definition) is 11. The van der Waals surface area contributed by atoms with Gasteiger partial charge in [0.15, 0.2) is 0 Å². The Morgan fingerprint density at radius 2 is 0.593 bits per heavy atom. The summed E-state index contributed by atoms with van der Waals surface area (Å²) in [5.74, 6) is 1.59. The van der Waals surface area contributed by atoms with Gasteiger partial charge in [-0.3, -0.25) is 24.8 Å². The van der Waals surface area contributed by atoms with E-state index >= 15 is 0 Å². The zero-order valence-corrected chi connectivity index (χ0v) is 38.4. The maximum atomic E-state index is 10.7. The van der Waals surface area contributed by atoms with Crippen molar-refractivity contribution in [1.82, 2.24) is 34.6 Å². The van der Waals surface area contributed by atoms with E-state index in [9.17, 15) is 5.21 Å². The number of hydrogen-bond donors (Lipinski definition) is 2. The van der Waals surface area contributed by atoms with Crippen molar-refractivity contribution in [3.8, 4) is 0 Å². The van der Waals surface area contributed by atoms with Crippen LogP contribution in [0.3, 0.4) is 0 Å². The summed E-state index contributed by atoms with van der Waals surface area (Å²) in [7, 11) is 9.13. The zero-order valence-electron chi connectivity index (χ0n) is 38.4. The van der Waals surface area contributed by atoms with E-state index < -0.39 is 0 Å². The van der Waals surface area contributed by atoms with Crippen LogP contribution in [0.25, 0.3) is 0 Å². The zero-order chi connectivity index (χ0) is 41.0. The standard InChI is InChI=1S/C43H82N10O/c1-36(2)21-29(22-37(3,4)48(36)17)52(30-23-38(5,6)49(18)39(7,8)24-30)34-44-33(47-54)45-35(46-34)53(31-25-40(9,10)50(19)41(11,12)26-31)32-27-42(13,14)51(20)43(15,16)28-32/h29-32,54H,21-28H2,1-20H3,(H,44,45,46,47). The molecule has 4 aliphatic rings. The van der Waals surface area contributed by atoms with Crippen LogP contribution in [0.1, 0.15) is 162 Å². The van der Waals surface area contributed by atoms with Crippen LogP contribution in [0, 0.1) is 0 Å². The summed E-state index contributed by atoms with van der Waals surface area (Å²) in [6.45, 7) is 38.2. The molecular formula is C43H82N10O. The number of aromatic nitrogens is 3. The lowest BCUT2D eigenvalue weighted by atomic mass is 9.73. The highest BCUT2D eigenvalue weighted by atomic mass is 16.5. The summed E-state index contributed by atoms with van der Waals surface area (Å²) < 4.78 is 0. The lowest BCUT2D eigenvalue weighted by Crippen LogP contribution is -2.68. The molecule has 5 heterocycles. The van der Waals surface area contributed by atoms with Gasteiger partial charge in [-0.05, 0) is 190 Å². The quantitative estimate of drug-likeness (QED) is 0.267. The summed E-state index contributed by atoms with van der Waals surface area (Å²) >= 11 is 0. The molecule has 4 saturated heterocycles. The van der Waals surface area contributed by atoms with Crippen molar-refractivity contribution in [2.45, 2.75) is 231 Å². The molecule has 0 aromatic carbocycles. The Morgan fingerprint density at radius 3 is 0.759 bits per heavy atom. The average molecular weight is 755 g/mol. The number of nitrogens with one attached hydrogen (secondary N) is 1. The van der Waals surface area contributed by atoms with Crippen molar-refractivity contribution < 1.29 is 5.21 Å².